The minimum absolute atomic E-state index is 0.779. The van der Waals surface area contributed by atoms with Crippen molar-refractivity contribution in [1.29, 1.82) is 0 Å². The molecule has 0 aromatic carbocycles. The third kappa shape index (κ3) is 2.83. The maximum Gasteiger partial charge on any atom is 0.227 e. The van der Waals surface area contributed by atoms with E-state index in [2.05, 4.69) is 30.4 Å². The Labute approximate surface area is 112 Å². The van der Waals surface area contributed by atoms with E-state index < -0.39 is 0 Å². The largest absolute Gasteiger partial charge is 0.341 e. The highest BCUT2D eigenvalue weighted by Gasteiger charge is 2.13. The van der Waals surface area contributed by atoms with Gasteiger partial charge in [-0.05, 0) is 32.3 Å². The molecule has 2 aromatic heterocycles. The smallest absolute Gasteiger partial charge is 0.227 e. The zero-order chi connectivity index (χ0) is 13.1. The molecule has 0 radical (unpaired) electrons. The molecule has 0 saturated carbocycles. The predicted octanol–water partition coefficient (Wildman–Crippen LogP) is 2.24. The summed E-state index contributed by atoms with van der Waals surface area (Å²) in [6, 6.07) is 3.81. The first-order valence-corrected chi connectivity index (χ1v) is 6.68. The fourth-order valence-corrected chi connectivity index (χ4v) is 2.28. The molecule has 6 nitrogen and oxygen atoms in total. The van der Waals surface area contributed by atoms with Crippen LogP contribution in [0, 0.1) is 6.92 Å². The Morgan fingerprint density at radius 1 is 1.21 bits per heavy atom. The van der Waals surface area contributed by atoms with Crippen LogP contribution in [0.2, 0.25) is 0 Å². The topological polar surface area (TPSA) is 69.7 Å². The van der Waals surface area contributed by atoms with Gasteiger partial charge < -0.3 is 10.2 Å². The summed E-state index contributed by atoms with van der Waals surface area (Å²) in [6.07, 6.45) is 5.54. The SMILES string of the molecule is Cc1cc(Nc2ccnc(N3CCCCC3)n2)n[nH]1. The molecule has 0 bridgehead atoms. The van der Waals surface area contributed by atoms with Crippen molar-refractivity contribution in [3.05, 3.63) is 24.0 Å². The van der Waals surface area contributed by atoms with E-state index in [-0.39, 0.29) is 0 Å². The lowest BCUT2D eigenvalue weighted by molar-refractivity contribution is 0.568. The summed E-state index contributed by atoms with van der Waals surface area (Å²) in [5.74, 6) is 2.36. The van der Waals surface area contributed by atoms with E-state index in [1.165, 1.54) is 19.3 Å². The number of nitrogens with one attached hydrogen (secondary N) is 2. The first-order chi connectivity index (χ1) is 9.31. The number of hydrogen-bond acceptors (Lipinski definition) is 5. The van der Waals surface area contributed by atoms with Gasteiger partial charge in [-0.3, -0.25) is 5.10 Å². The second kappa shape index (κ2) is 5.26. The monoisotopic (exact) mass is 258 g/mol. The Kier molecular flexibility index (Phi) is 3.31. The van der Waals surface area contributed by atoms with Gasteiger partial charge in [-0.25, -0.2) is 4.98 Å². The quantitative estimate of drug-likeness (QED) is 0.883. The Morgan fingerprint density at radius 3 is 2.79 bits per heavy atom. The third-order valence-electron chi connectivity index (χ3n) is 3.24. The number of aryl methyl sites for hydroxylation is 1. The van der Waals surface area contributed by atoms with Crippen molar-refractivity contribution in [2.24, 2.45) is 0 Å². The van der Waals surface area contributed by atoms with Crippen molar-refractivity contribution >= 4 is 17.6 Å². The molecule has 100 valence electrons. The molecular formula is C13H18N6. The van der Waals surface area contributed by atoms with Gasteiger partial charge in [-0.15, -0.1) is 0 Å². The van der Waals surface area contributed by atoms with Crippen LogP contribution in [0.1, 0.15) is 25.0 Å². The Hall–Kier alpha value is -2.11. The maximum absolute atomic E-state index is 4.55. The van der Waals surface area contributed by atoms with Gasteiger partial charge in [0.1, 0.15) is 5.82 Å². The molecule has 1 saturated heterocycles. The van der Waals surface area contributed by atoms with E-state index >= 15 is 0 Å². The van der Waals surface area contributed by atoms with E-state index in [0.717, 1.165) is 36.4 Å². The molecule has 2 N–H and O–H groups in total. The molecule has 2 aromatic rings. The predicted molar refractivity (Wildman–Crippen MR) is 74.7 cm³/mol. The number of aromatic nitrogens is 4. The van der Waals surface area contributed by atoms with Gasteiger partial charge in [0.2, 0.25) is 5.95 Å². The summed E-state index contributed by atoms with van der Waals surface area (Å²) in [6.45, 7) is 4.06. The van der Waals surface area contributed by atoms with Crippen molar-refractivity contribution in [3.63, 3.8) is 0 Å². The highest BCUT2D eigenvalue weighted by Crippen LogP contribution is 2.18. The first kappa shape index (κ1) is 12.0. The Bertz CT molecular complexity index is 544. The molecular weight excluding hydrogens is 240 g/mol. The molecule has 0 aliphatic carbocycles. The van der Waals surface area contributed by atoms with E-state index in [0.29, 0.717) is 0 Å². The van der Waals surface area contributed by atoms with Crippen molar-refractivity contribution in [1.82, 2.24) is 20.2 Å². The summed E-state index contributed by atoms with van der Waals surface area (Å²) < 4.78 is 0. The lowest BCUT2D eigenvalue weighted by Gasteiger charge is -2.26. The molecule has 0 unspecified atom stereocenters. The molecule has 0 spiro atoms. The fourth-order valence-electron chi connectivity index (χ4n) is 2.28. The Balaban J connectivity index is 1.75. The second-order valence-electron chi connectivity index (χ2n) is 4.85. The molecule has 3 rings (SSSR count). The number of nitrogens with zero attached hydrogens (tertiary/aromatic N) is 4. The second-order valence-corrected chi connectivity index (χ2v) is 4.85. The molecule has 19 heavy (non-hydrogen) atoms. The number of rotatable bonds is 3. The molecule has 1 aliphatic heterocycles. The normalized spacial score (nSPS) is 15.5. The minimum Gasteiger partial charge on any atom is -0.341 e. The van der Waals surface area contributed by atoms with Crippen LogP contribution in [-0.2, 0) is 0 Å². The number of anilines is 3. The molecule has 0 amide bonds. The third-order valence-corrected chi connectivity index (χ3v) is 3.24. The van der Waals surface area contributed by atoms with Crippen LogP contribution in [0.3, 0.4) is 0 Å². The highest BCUT2D eigenvalue weighted by atomic mass is 15.3. The van der Waals surface area contributed by atoms with Crippen LogP contribution in [-0.4, -0.2) is 33.3 Å². The fraction of sp³-hybridized carbons (Fsp3) is 0.462. The zero-order valence-corrected chi connectivity index (χ0v) is 11.1. The van der Waals surface area contributed by atoms with Crippen molar-refractivity contribution in [2.45, 2.75) is 26.2 Å². The van der Waals surface area contributed by atoms with Gasteiger partial charge >= 0.3 is 0 Å². The van der Waals surface area contributed by atoms with E-state index in [9.17, 15) is 0 Å². The molecule has 6 heteroatoms. The van der Waals surface area contributed by atoms with Gasteiger partial charge in [0, 0.05) is 31.0 Å². The summed E-state index contributed by atoms with van der Waals surface area (Å²) in [4.78, 5) is 11.1. The summed E-state index contributed by atoms with van der Waals surface area (Å²) in [5, 5.41) is 10.2. The van der Waals surface area contributed by atoms with Gasteiger partial charge in [0.15, 0.2) is 5.82 Å². The van der Waals surface area contributed by atoms with Crippen molar-refractivity contribution < 1.29 is 0 Å². The maximum atomic E-state index is 4.55. The standard InChI is InChI=1S/C13H18N6/c1-10-9-12(18-17-10)15-11-5-6-14-13(16-11)19-7-3-2-4-8-19/h5-6,9H,2-4,7-8H2,1H3,(H2,14,15,16,17,18). The van der Waals surface area contributed by atoms with Crippen LogP contribution in [0.25, 0.3) is 0 Å². The van der Waals surface area contributed by atoms with E-state index in [1.807, 2.05) is 19.1 Å². The average molecular weight is 258 g/mol. The van der Waals surface area contributed by atoms with Crippen molar-refractivity contribution in [3.8, 4) is 0 Å². The van der Waals surface area contributed by atoms with Crippen LogP contribution in [0.5, 0.6) is 0 Å². The molecule has 1 fully saturated rings. The van der Waals surface area contributed by atoms with Crippen LogP contribution in [0.15, 0.2) is 18.3 Å². The van der Waals surface area contributed by atoms with Crippen LogP contribution in [0.4, 0.5) is 17.6 Å². The average Bonchev–Trinajstić information content (AvgIpc) is 2.85. The van der Waals surface area contributed by atoms with Crippen LogP contribution < -0.4 is 10.2 Å². The highest BCUT2D eigenvalue weighted by molar-refractivity contribution is 5.53. The van der Waals surface area contributed by atoms with Gasteiger partial charge in [0.25, 0.3) is 0 Å². The Morgan fingerprint density at radius 2 is 2.05 bits per heavy atom. The lowest BCUT2D eigenvalue weighted by Crippen LogP contribution is -2.31. The van der Waals surface area contributed by atoms with Crippen LogP contribution >= 0.6 is 0 Å². The number of aromatic amines is 1. The van der Waals surface area contributed by atoms with E-state index in [4.69, 9.17) is 0 Å². The molecule has 0 atom stereocenters. The number of piperidine rings is 1. The summed E-state index contributed by atoms with van der Waals surface area (Å²) >= 11 is 0. The van der Waals surface area contributed by atoms with Gasteiger partial charge in [0.05, 0.1) is 0 Å². The summed E-state index contributed by atoms with van der Waals surface area (Å²) in [7, 11) is 0. The summed E-state index contributed by atoms with van der Waals surface area (Å²) in [5.41, 5.74) is 1.02. The first-order valence-electron chi connectivity index (χ1n) is 6.68. The molecule has 1 aliphatic rings. The molecule has 3 heterocycles. The van der Waals surface area contributed by atoms with Gasteiger partial charge in [-0.1, -0.05) is 0 Å². The van der Waals surface area contributed by atoms with Gasteiger partial charge in [-0.2, -0.15) is 10.1 Å². The lowest BCUT2D eigenvalue weighted by atomic mass is 10.1. The number of H-pyrrole nitrogens is 1. The zero-order valence-electron chi connectivity index (χ0n) is 11.1. The van der Waals surface area contributed by atoms with Crippen molar-refractivity contribution in [2.75, 3.05) is 23.3 Å². The minimum atomic E-state index is 0.779. The van der Waals surface area contributed by atoms with E-state index in [1.54, 1.807) is 6.20 Å². The number of hydrogen-bond donors (Lipinski definition) is 2.